The molecule has 0 radical (unpaired) electrons. The Kier molecular flexibility index (Phi) is 3.58. The largest absolute Gasteiger partial charge is 0.306 e. The molecule has 0 aromatic rings. The van der Waals surface area contributed by atoms with Crippen LogP contribution in [0.3, 0.4) is 0 Å². The van der Waals surface area contributed by atoms with Crippen LogP contribution in [0.1, 0.15) is 12.8 Å². The molecule has 1 aliphatic rings. The zero-order valence-electron chi connectivity index (χ0n) is 7.80. The molecule has 0 unspecified atom stereocenters. The second-order valence-corrected chi connectivity index (χ2v) is 3.65. The molecule has 0 spiro atoms. The molecule has 1 fully saturated rings. The van der Waals surface area contributed by atoms with Gasteiger partial charge in [-0.1, -0.05) is 0 Å². The molecule has 1 saturated heterocycles. The quantitative estimate of drug-likeness (QED) is 0.677. The minimum absolute atomic E-state index is 0.521. The summed E-state index contributed by atoms with van der Waals surface area (Å²) in [6.07, 6.45) is 1.04. The fourth-order valence-electron chi connectivity index (χ4n) is 1.66. The summed E-state index contributed by atoms with van der Waals surface area (Å²) in [4.78, 5) is 6.07. The van der Waals surface area contributed by atoms with Crippen LogP contribution in [0.25, 0.3) is 0 Å². The molecular weight excluding hydrogens is 178 g/mol. The van der Waals surface area contributed by atoms with Crippen molar-refractivity contribution < 1.29 is 13.6 Å². The minimum Gasteiger partial charge on any atom is -0.306 e. The van der Waals surface area contributed by atoms with Crippen molar-refractivity contribution in [3.05, 3.63) is 0 Å². The van der Waals surface area contributed by atoms with Crippen molar-refractivity contribution in [3.63, 3.8) is 0 Å². The first-order valence-corrected chi connectivity index (χ1v) is 4.44. The van der Waals surface area contributed by atoms with Crippen LogP contribution in [-0.2, 0) is 4.84 Å². The van der Waals surface area contributed by atoms with Crippen LogP contribution >= 0.6 is 0 Å². The summed E-state index contributed by atoms with van der Waals surface area (Å²) in [5, 5.41) is 0. The summed E-state index contributed by atoms with van der Waals surface area (Å²) in [7, 11) is 1.94. The number of halogens is 2. The zero-order valence-corrected chi connectivity index (χ0v) is 7.80. The molecule has 1 heterocycles. The van der Waals surface area contributed by atoms with Crippen LogP contribution in [0.5, 0.6) is 0 Å². The monoisotopic (exact) mass is 194 g/mol. The van der Waals surface area contributed by atoms with Gasteiger partial charge in [-0.15, -0.1) is 0 Å². The van der Waals surface area contributed by atoms with Crippen LogP contribution in [0, 0.1) is 5.92 Å². The maximum absolute atomic E-state index is 13.2. The molecule has 0 aliphatic carbocycles. The number of nitrogens with two attached hydrogens (primary N) is 1. The highest BCUT2D eigenvalue weighted by atomic mass is 19.3. The van der Waals surface area contributed by atoms with E-state index in [0.717, 1.165) is 13.1 Å². The Bertz CT molecular complexity index is 158. The van der Waals surface area contributed by atoms with E-state index in [2.05, 4.69) is 15.6 Å². The van der Waals surface area contributed by atoms with E-state index >= 15 is 0 Å². The van der Waals surface area contributed by atoms with Gasteiger partial charge in [-0.3, -0.25) is 4.84 Å². The van der Waals surface area contributed by atoms with E-state index in [0.29, 0.717) is 12.8 Å². The van der Waals surface area contributed by atoms with Gasteiger partial charge >= 0.3 is 0 Å². The average molecular weight is 194 g/mol. The van der Waals surface area contributed by atoms with Crippen LogP contribution in [0.15, 0.2) is 0 Å². The zero-order chi connectivity index (χ0) is 9.90. The van der Waals surface area contributed by atoms with E-state index in [9.17, 15) is 8.78 Å². The molecule has 78 valence electrons. The summed E-state index contributed by atoms with van der Waals surface area (Å²) in [5.74, 6) is 1.31. The molecule has 0 saturated carbocycles. The average Bonchev–Trinajstić information content (AvgIpc) is 2.05. The molecule has 1 rings (SSSR count). The predicted molar refractivity (Wildman–Crippen MR) is 45.3 cm³/mol. The van der Waals surface area contributed by atoms with Gasteiger partial charge in [0.25, 0.3) is 5.92 Å². The standard InChI is InChI=1S/C8H16F2N2O/c1-12-4-2-7(3-5-12)8(9,10)6-13-11/h7H,2-6,11H2,1H3. The summed E-state index contributed by atoms with van der Waals surface area (Å²) < 4.78 is 26.4. The molecule has 0 amide bonds. The lowest BCUT2D eigenvalue weighted by molar-refractivity contribution is -0.129. The molecule has 0 aromatic heterocycles. The van der Waals surface area contributed by atoms with Gasteiger partial charge in [0.1, 0.15) is 6.61 Å². The van der Waals surface area contributed by atoms with Crippen molar-refractivity contribution in [2.75, 3.05) is 26.7 Å². The Hall–Kier alpha value is -0.260. The lowest BCUT2D eigenvalue weighted by Crippen LogP contribution is -2.42. The van der Waals surface area contributed by atoms with Gasteiger partial charge < -0.3 is 4.90 Å². The van der Waals surface area contributed by atoms with Crippen molar-refractivity contribution in [2.45, 2.75) is 18.8 Å². The number of alkyl halides is 2. The first-order valence-electron chi connectivity index (χ1n) is 4.44. The van der Waals surface area contributed by atoms with Crippen LogP contribution in [0.2, 0.25) is 0 Å². The highest BCUT2D eigenvalue weighted by Crippen LogP contribution is 2.32. The summed E-state index contributed by atoms with van der Waals surface area (Å²) >= 11 is 0. The van der Waals surface area contributed by atoms with E-state index < -0.39 is 18.4 Å². The topological polar surface area (TPSA) is 38.5 Å². The van der Waals surface area contributed by atoms with Crippen molar-refractivity contribution in [3.8, 4) is 0 Å². The molecule has 0 aromatic carbocycles. The molecule has 2 N–H and O–H groups in total. The second-order valence-electron chi connectivity index (χ2n) is 3.65. The molecule has 0 bridgehead atoms. The van der Waals surface area contributed by atoms with Crippen molar-refractivity contribution in [2.24, 2.45) is 11.8 Å². The summed E-state index contributed by atoms with van der Waals surface area (Å²) in [5.41, 5.74) is 0. The molecule has 1 aliphatic heterocycles. The fourth-order valence-corrected chi connectivity index (χ4v) is 1.66. The maximum atomic E-state index is 13.2. The Morgan fingerprint density at radius 2 is 2.00 bits per heavy atom. The number of hydrogen-bond acceptors (Lipinski definition) is 3. The van der Waals surface area contributed by atoms with E-state index in [4.69, 9.17) is 0 Å². The minimum atomic E-state index is -2.77. The molecule has 3 nitrogen and oxygen atoms in total. The molecule has 5 heteroatoms. The van der Waals surface area contributed by atoms with E-state index in [1.165, 1.54) is 0 Å². The molecular formula is C8H16F2N2O. The normalized spacial score (nSPS) is 22.2. The number of nitrogens with zero attached hydrogens (tertiary/aromatic N) is 1. The third-order valence-electron chi connectivity index (χ3n) is 2.59. The molecule has 13 heavy (non-hydrogen) atoms. The van der Waals surface area contributed by atoms with Gasteiger partial charge in [0, 0.05) is 5.92 Å². The van der Waals surface area contributed by atoms with Gasteiger partial charge in [0.2, 0.25) is 0 Å². The van der Waals surface area contributed by atoms with E-state index in [1.807, 2.05) is 7.05 Å². The number of likely N-dealkylation sites (tertiary alicyclic amines) is 1. The maximum Gasteiger partial charge on any atom is 0.275 e. The first kappa shape index (κ1) is 10.8. The van der Waals surface area contributed by atoms with Crippen LogP contribution in [0.4, 0.5) is 8.78 Å². The summed E-state index contributed by atoms with van der Waals surface area (Å²) in [6, 6.07) is 0. The SMILES string of the molecule is CN1CCC(C(F)(F)CON)CC1. The fraction of sp³-hybridized carbons (Fsp3) is 1.00. The van der Waals surface area contributed by atoms with Gasteiger partial charge in [0.15, 0.2) is 0 Å². The highest BCUT2D eigenvalue weighted by Gasteiger charge is 2.40. The van der Waals surface area contributed by atoms with Gasteiger partial charge in [-0.05, 0) is 33.0 Å². The van der Waals surface area contributed by atoms with Gasteiger partial charge in [-0.2, -0.15) is 0 Å². The number of rotatable bonds is 3. The highest BCUT2D eigenvalue weighted by molar-refractivity contribution is 4.81. The van der Waals surface area contributed by atoms with E-state index in [1.54, 1.807) is 0 Å². The third kappa shape index (κ3) is 2.86. The first-order chi connectivity index (χ1) is 6.06. The van der Waals surface area contributed by atoms with Crippen molar-refractivity contribution >= 4 is 0 Å². The lowest BCUT2D eigenvalue weighted by atomic mass is 9.91. The van der Waals surface area contributed by atoms with Crippen molar-refractivity contribution in [1.82, 2.24) is 4.90 Å². The summed E-state index contributed by atoms with van der Waals surface area (Å²) in [6.45, 7) is 0.789. The molecule has 0 atom stereocenters. The smallest absolute Gasteiger partial charge is 0.275 e. The van der Waals surface area contributed by atoms with Crippen LogP contribution in [-0.4, -0.2) is 37.6 Å². The van der Waals surface area contributed by atoms with Gasteiger partial charge in [0.05, 0.1) is 0 Å². The lowest BCUT2D eigenvalue weighted by Gasteiger charge is -2.33. The third-order valence-corrected chi connectivity index (χ3v) is 2.59. The Morgan fingerprint density at radius 3 is 2.46 bits per heavy atom. The Labute approximate surface area is 76.8 Å². The Balaban J connectivity index is 2.42. The second kappa shape index (κ2) is 4.30. The van der Waals surface area contributed by atoms with E-state index in [-0.39, 0.29) is 0 Å². The Morgan fingerprint density at radius 1 is 1.46 bits per heavy atom. The number of piperidine rings is 1. The van der Waals surface area contributed by atoms with Crippen LogP contribution < -0.4 is 5.90 Å². The predicted octanol–water partition coefficient (Wildman–Crippen LogP) is 0.854. The van der Waals surface area contributed by atoms with Gasteiger partial charge in [-0.25, -0.2) is 14.7 Å². The number of hydrogen-bond donors (Lipinski definition) is 1. The van der Waals surface area contributed by atoms with Crippen molar-refractivity contribution in [1.29, 1.82) is 0 Å².